The SMILES string of the molecule is ClC(Cl)=CCOc1cccc2c1CCC2. The second-order valence-corrected chi connectivity index (χ2v) is 4.56. The monoisotopic (exact) mass is 242 g/mol. The first kappa shape index (κ1) is 10.8. The Morgan fingerprint density at radius 2 is 2.20 bits per heavy atom. The number of hydrogen-bond acceptors (Lipinski definition) is 1. The van der Waals surface area contributed by atoms with Gasteiger partial charge in [-0.3, -0.25) is 0 Å². The molecule has 0 saturated heterocycles. The van der Waals surface area contributed by atoms with Crippen molar-refractivity contribution in [1.29, 1.82) is 0 Å². The Hall–Kier alpha value is -0.660. The highest BCUT2D eigenvalue weighted by Crippen LogP contribution is 2.30. The molecule has 0 unspecified atom stereocenters. The van der Waals surface area contributed by atoms with E-state index in [2.05, 4.69) is 6.07 Å². The van der Waals surface area contributed by atoms with Crippen molar-refractivity contribution < 1.29 is 4.74 Å². The summed E-state index contributed by atoms with van der Waals surface area (Å²) < 4.78 is 5.87. The maximum Gasteiger partial charge on any atom is 0.123 e. The first-order valence-electron chi connectivity index (χ1n) is 5.02. The topological polar surface area (TPSA) is 9.23 Å². The van der Waals surface area contributed by atoms with E-state index in [-0.39, 0.29) is 4.49 Å². The lowest BCUT2D eigenvalue weighted by molar-refractivity contribution is 0.359. The molecule has 0 bridgehead atoms. The zero-order chi connectivity index (χ0) is 10.7. The van der Waals surface area contributed by atoms with Gasteiger partial charge in [-0.25, -0.2) is 0 Å². The molecule has 3 heteroatoms. The third-order valence-electron chi connectivity index (χ3n) is 2.58. The lowest BCUT2D eigenvalue weighted by Gasteiger charge is -2.08. The number of benzene rings is 1. The van der Waals surface area contributed by atoms with Gasteiger partial charge in [0.05, 0.1) is 0 Å². The zero-order valence-electron chi connectivity index (χ0n) is 8.30. The number of ether oxygens (including phenoxy) is 1. The fraction of sp³-hybridized carbons (Fsp3) is 0.333. The molecule has 80 valence electrons. The Morgan fingerprint density at radius 1 is 1.33 bits per heavy atom. The predicted molar refractivity (Wildman–Crippen MR) is 63.8 cm³/mol. The van der Waals surface area contributed by atoms with Gasteiger partial charge in [-0.15, -0.1) is 0 Å². The van der Waals surface area contributed by atoms with Crippen molar-refractivity contribution in [2.24, 2.45) is 0 Å². The van der Waals surface area contributed by atoms with Gasteiger partial charge in [0.2, 0.25) is 0 Å². The van der Waals surface area contributed by atoms with Gasteiger partial charge >= 0.3 is 0 Å². The second-order valence-electron chi connectivity index (χ2n) is 3.55. The molecule has 0 aliphatic heterocycles. The predicted octanol–water partition coefficient (Wildman–Crippen LogP) is 3.87. The molecule has 0 saturated carbocycles. The van der Waals surface area contributed by atoms with E-state index in [0.717, 1.165) is 12.2 Å². The van der Waals surface area contributed by atoms with Crippen molar-refractivity contribution in [2.45, 2.75) is 19.3 Å². The minimum absolute atomic E-state index is 0.252. The summed E-state index contributed by atoms with van der Waals surface area (Å²) in [5.74, 6) is 0.968. The highest BCUT2D eigenvalue weighted by atomic mass is 35.5. The van der Waals surface area contributed by atoms with Crippen molar-refractivity contribution >= 4 is 23.2 Å². The van der Waals surface area contributed by atoms with E-state index in [9.17, 15) is 0 Å². The molecule has 2 rings (SSSR count). The van der Waals surface area contributed by atoms with Crippen molar-refractivity contribution in [3.8, 4) is 5.75 Å². The standard InChI is InChI=1S/C12H12Cl2O/c13-12(14)7-8-15-11-6-2-4-9-3-1-5-10(9)11/h2,4,6-7H,1,3,5,8H2. The van der Waals surface area contributed by atoms with Crippen molar-refractivity contribution in [1.82, 2.24) is 0 Å². The number of fused-ring (bicyclic) bond motifs is 1. The zero-order valence-corrected chi connectivity index (χ0v) is 9.81. The maximum atomic E-state index is 5.61. The van der Waals surface area contributed by atoms with E-state index in [0.29, 0.717) is 6.61 Å². The molecule has 1 aliphatic carbocycles. The first-order valence-corrected chi connectivity index (χ1v) is 5.77. The molecular weight excluding hydrogens is 231 g/mol. The van der Waals surface area contributed by atoms with Crippen molar-refractivity contribution in [3.05, 3.63) is 39.9 Å². The Balaban J connectivity index is 2.09. The summed E-state index contributed by atoms with van der Waals surface area (Å²) in [4.78, 5) is 0. The maximum absolute atomic E-state index is 5.61. The van der Waals surface area contributed by atoms with Crippen molar-refractivity contribution in [2.75, 3.05) is 6.61 Å². The Morgan fingerprint density at radius 3 is 3.00 bits per heavy atom. The Labute approximate surface area is 99.6 Å². The van der Waals surface area contributed by atoms with E-state index < -0.39 is 0 Å². The van der Waals surface area contributed by atoms with Crippen molar-refractivity contribution in [3.63, 3.8) is 0 Å². The molecular formula is C12H12Cl2O. The lowest BCUT2D eigenvalue weighted by Crippen LogP contribution is -1.97. The van der Waals surface area contributed by atoms with Gasteiger partial charge < -0.3 is 4.74 Å². The van der Waals surface area contributed by atoms with E-state index >= 15 is 0 Å². The summed E-state index contributed by atoms with van der Waals surface area (Å²) >= 11 is 11.0. The van der Waals surface area contributed by atoms with Crippen LogP contribution in [0.3, 0.4) is 0 Å². The van der Waals surface area contributed by atoms with Gasteiger partial charge in [0.1, 0.15) is 16.8 Å². The third kappa shape index (κ3) is 2.67. The molecule has 1 aromatic rings. The number of halogens is 2. The van der Waals surface area contributed by atoms with E-state index in [4.69, 9.17) is 27.9 Å². The molecule has 0 aromatic heterocycles. The van der Waals surface area contributed by atoms with E-state index in [1.807, 2.05) is 12.1 Å². The molecule has 0 radical (unpaired) electrons. The van der Waals surface area contributed by atoms with Crippen LogP contribution in [0.4, 0.5) is 0 Å². The van der Waals surface area contributed by atoms with Crippen LogP contribution in [-0.2, 0) is 12.8 Å². The van der Waals surface area contributed by atoms with Crippen LogP contribution in [-0.4, -0.2) is 6.61 Å². The molecule has 0 amide bonds. The lowest BCUT2D eigenvalue weighted by atomic mass is 10.1. The van der Waals surface area contributed by atoms with Gasteiger partial charge in [0.25, 0.3) is 0 Å². The summed E-state index contributed by atoms with van der Waals surface area (Å²) in [5, 5.41) is 0. The van der Waals surface area contributed by atoms with Gasteiger partial charge in [-0.05, 0) is 42.5 Å². The minimum Gasteiger partial charge on any atom is -0.489 e. The van der Waals surface area contributed by atoms with Crippen LogP contribution < -0.4 is 4.74 Å². The largest absolute Gasteiger partial charge is 0.489 e. The molecule has 1 nitrogen and oxygen atoms in total. The summed E-state index contributed by atoms with van der Waals surface area (Å²) in [6.07, 6.45) is 5.15. The average molecular weight is 243 g/mol. The van der Waals surface area contributed by atoms with E-state index in [1.54, 1.807) is 6.08 Å². The smallest absolute Gasteiger partial charge is 0.123 e. The van der Waals surface area contributed by atoms with Gasteiger partial charge in [-0.2, -0.15) is 0 Å². The normalized spacial score (nSPS) is 13.5. The molecule has 0 atom stereocenters. The molecule has 1 aromatic carbocycles. The average Bonchev–Trinajstić information content (AvgIpc) is 2.65. The summed E-state index contributed by atoms with van der Waals surface area (Å²) in [6.45, 7) is 0.429. The van der Waals surface area contributed by atoms with Gasteiger partial charge in [0, 0.05) is 0 Å². The fourth-order valence-electron chi connectivity index (χ4n) is 1.91. The van der Waals surface area contributed by atoms with Crippen LogP contribution in [0.5, 0.6) is 5.75 Å². The van der Waals surface area contributed by atoms with Gasteiger partial charge in [0.15, 0.2) is 0 Å². The van der Waals surface area contributed by atoms with Crippen LogP contribution in [0.25, 0.3) is 0 Å². The molecule has 15 heavy (non-hydrogen) atoms. The number of hydrogen-bond donors (Lipinski definition) is 0. The fourth-order valence-corrected chi connectivity index (χ4v) is 2.04. The summed E-state index contributed by atoms with van der Waals surface area (Å²) in [6, 6.07) is 6.20. The first-order chi connectivity index (χ1) is 7.27. The van der Waals surface area contributed by atoms with Gasteiger partial charge in [-0.1, -0.05) is 35.3 Å². The quantitative estimate of drug-likeness (QED) is 0.782. The van der Waals surface area contributed by atoms with Crippen LogP contribution in [0.1, 0.15) is 17.5 Å². The molecule has 0 N–H and O–H groups in total. The highest BCUT2D eigenvalue weighted by Gasteiger charge is 2.14. The number of aryl methyl sites for hydroxylation is 1. The second kappa shape index (κ2) is 4.91. The minimum atomic E-state index is 0.252. The number of rotatable bonds is 3. The Kier molecular flexibility index (Phi) is 3.55. The van der Waals surface area contributed by atoms with Crippen LogP contribution in [0, 0.1) is 0 Å². The highest BCUT2D eigenvalue weighted by molar-refractivity contribution is 6.55. The van der Waals surface area contributed by atoms with Crippen LogP contribution in [0.15, 0.2) is 28.8 Å². The Bertz CT molecular complexity index is 381. The summed E-state index contributed by atoms with van der Waals surface area (Å²) in [5.41, 5.74) is 2.75. The van der Waals surface area contributed by atoms with Crippen LogP contribution >= 0.6 is 23.2 Å². The molecule has 0 spiro atoms. The molecule has 1 aliphatic rings. The van der Waals surface area contributed by atoms with Crippen LogP contribution in [0.2, 0.25) is 0 Å². The third-order valence-corrected chi connectivity index (χ3v) is 2.89. The summed E-state index contributed by atoms with van der Waals surface area (Å²) in [7, 11) is 0. The molecule has 0 fully saturated rings. The van der Waals surface area contributed by atoms with E-state index in [1.165, 1.54) is 24.0 Å². The molecule has 0 heterocycles.